The number of ketones is 1. The molecule has 14 heteroatoms. The topological polar surface area (TPSA) is 161 Å². The first kappa shape index (κ1) is 35.8. The first-order valence-corrected chi connectivity index (χ1v) is 18.1. The molecule has 3 amide bonds. The third kappa shape index (κ3) is 7.56. The normalized spacial score (nSPS) is 27.5. The van der Waals surface area contributed by atoms with E-state index in [-0.39, 0.29) is 32.2 Å². The third-order valence-electron chi connectivity index (χ3n) is 9.38. The molecule has 1 spiro atoms. The number of allylic oxidation sites excluding steroid dienone is 1. The molecule has 262 valence electrons. The number of ether oxygens (including phenoxy) is 1. The molecule has 48 heavy (non-hydrogen) atoms. The Hall–Kier alpha value is -3.45. The maximum Gasteiger partial charge on any atom is 0.408 e. The number of benzene rings is 1. The van der Waals surface area contributed by atoms with Crippen LogP contribution in [0.1, 0.15) is 85.6 Å². The lowest BCUT2D eigenvalue weighted by atomic mass is 9.85. The van der Waals surface area contributed by atoms with Gasteiger partial charge in [-0.3, -0.25) is 19.1 Å². The minimum Gasteiger partial charge on any atom is -0.444 e. The number of halogens is 1. The Morgan fingerprint density at radius 3 is 2.42 bits per heavy atom. The fraction of sp³-hybridized carbons (Fsp3) is 0.618. The lowest BCUT2D eigenvalue weighted by molar-refractivity contribution is -0.142. The van der Waals surface area contributed by atoms with E-state index in [9.17, 15) is 27.6 Å². The summed E-state index contributed by atoms with van der Waals surface area (Å²) >= 11 is 6.22. The van der Waals surface area contributed by atoms with E-state index in [1.807, 2.05) is 6.07 Å². The Kier molecular flexibility index (Phi) is 9.30. The van der Waals surface area contributed by atoms with Crippen LogP contribution in [0.5, 0.6) is 0 Å². The van der Waals surface area contributed by atoms with Crippen molar-refractivity contribution >= 4 is 51.0 Å². The molecule has 4 aliphatic rings. The molecule has 3 fully saturated rings. The van der Waals surface area contributed by atoms with Crippen LogP contribution in [-0.2, 0) is 34.0 Å². The van der Waals surface area contributed by atoms with Crippen molar-refractivity contribution in [2.45, 2.75) is 109 Å². The minimum atomic E-state index is -3.85. The number of hydrogen-bond acceptors (Lipinski definition) is 9. The number of nitrogens with one attached hydrogen (secondary N) is 2. The molecule has 2 saturated carbocycles. The van der Waals surface area contributed by atoms with E-state index in [0.29, 0.717) is 23.6 Å². The van der Waals surface area contributed by atoms with Gasteiger partial charge in [0.2, 0.25) is 21.8 Å². The molecular formula is C34H45ClN4O8S. The number of carbonyl (C=O) groups excluding carboxylic acids is 4. The van der Waals surface area contributed by atoms with Crippen molar-refractivity contribution in [2.24, 2.45) is 21.9 Å². The van der Waals surface area contributed by atoms with E-state index >= 15 is 0 Å². The van der Waals surface area contributed by atoms with Crippen molar-refractivity contribution in [2.75, 3.05) is 6.54 Å². The van der Waals surface area contributed by atoms with Gasteiger partial charge in [-0.05, 0) is 63.5 Å². The number of hydrogen-bond donors (Lipinski definition) is 2. The van der Waals surface area contributed by atoms with Gasteiger partial charge in [-0.2, -0.15) is 0 Å². The quantitative estimate of drug-likeness (QED) is 0.337. The molecule has 1 aromatic carbocycles. The summed E-state index contributed by atoms with van der Waals surface area (Å²) in [5.74, 6) is -2.09. The smallest absolute Gasteiger partial charge is 0.408 e. The van der Waals surface area contributed by atoms with Crippen LogP contribution in [0.25, 0.3) is 0 Å². The summed E-state index contributed by atoms with van der Waals surface area (Å²) in [6, 6.07) is 4.99. The number of amides is 3. The Morgan fingerprint density at radius 2 is 1.85 bits per heavy atom. The maximum absolute atomic E-state index is 14.5. The zero-order valence-electron chi connectivity index (χ0n) is 28.3. The van der Waals surface area contributed by atoms with Crippen molar-refractivity contribution < 1.29 is 37.2 Å². The number of likely N-dealkylation sites (tertiary alicyclic amines) is 1. The largest absolute Gasteiger partial charge is 0.444 e. The fourth-order valence-corrected chi connectivity index (χ4v) is 8.13. The average molecular weight is 705 g/mol. The summed E-state index contributed by atoms with van der Waals surface area (Å²) in [5.41, 5.74) is -2.63. The Bertz CT molecular complexity index is 1660. The highest BCUT2D eigenvalue weighted by atomic mass is 35.5. The predicted molar refractivity (Wildman–Crippen MR) is 180 cm³/mol. The van der Waals surface area contributed by atoms with Crippen molar-refractivity contribution in [1.29, 1.82) is 0 Å². The lowest BCUT2D eigenvalue weighted by Gasteiger charge is -2.36. The number of Topliss-reactive ketones (excluding diaryl/α,β-unsaturated/α-hetero) is 1. The monoisotopic (exact) mass is 704 g/mol. The molecule has 0 aromatic heterocycles. The maximum atomic E-state index is 14.5. The minimum absolute atomic E-state index is 0.0154. The van der Waals surface area contributed by atoms with Crippen LogP contribution in [0.3, 0.4) is 0 Å². The van der Waals surface area contributed by atoms with E-state index < -0.39 is 79.0 Å². The molecule has 1 saturated heterocycles. The van der Waals surface area contributed by atoms with Gasteiger partial charge in [-0.15, -0.1) is 6.58 Å². The first-order valence-electron chi connectivity index (χ1n) is 16.2. The molecule has 2 heterocycles. The van der Waals surface area contributed by atoms with Crippen LogP contribution in [0.4, 0.5) is 4.79 Å². The average Bonchev–Trinajstić information content (AvgIpc) is 3.87. The Balaban J connectivity index is 1.44. The van der Waals surface area contributed by atoms with Crippen LogP contribution >= 0.6 is 11.6 Å². The summed E-state index contributed by atoms with van der Waals surface area (Å²) in [6.45, 7) is 14.3. The molecule has 0 radical (unpaired) electrons. The number of sulfonamides is 1. The number of nitrogens with zero attached hydrogens (tertiary/aromatic N) is 2. The van der Waals surface area contributed by atoms with Crippen LogP contribution < -0.4 is 10.0 Å². The van der Waals surface area contributed by atoms with E-state index in [4.69, 9.17) is 21.2 Å². The van der Waals surface area contributed by atoms with E-state index in [0.717, 1.165) is 5.56 Å². The number of oxime groups is 1. The first-order chi connectivity index (χ1) is 22.2. The fourth-order valence-electron chi connectivity index (χ4n) is 6.55. The molecule has 2 aliphatic heterocycles. The Labute approximate surface area is 287 Å². The second kappa shape index (κ2) is 12.5. The molecule has 1 aromatic rings. The summed E-state index contributed by atoms with van der Waals surface area (Å²) in [5, 5.41) is 6.95. The third-order valence-corrected chi connectivity index (χ3v) is 11.4. The van der Waals surface area contributed by atoms with Gasteiger partial charge < -0.3 is 19.8 Å². The Morgan fingerprint density at radius 1 is 1.17 bits per heavy atom. The molecule has 2 N–H and O–H groups in total. The molecule has 5 atom stereocenters. The van der Waals surface area contributed by atoms with Gasteiger partial charge in [0.25, 0.3) is 0 Å². The van der Waals surface area contributed by atoms with Crippen molar-refractivity contribution in [3.05, 3.63) is 47.5 Å². The molecule has 0 unspecified atom stereocenters. The van der Waals surface area contributed by atoms with Gasteiger partial charge in [0.05, 0.1) is 29.0 Å². The molecule has 12 nitrogen and oxygen atoms in total. The number of carbonyl (C=O) groups is 4. The SMILES string of the molecule is C=C[C@@H]1C[C@]1(CC(=O)[C@@H]1C[C@]2(CC(c3cccc(Cl)c3)=NO2)CN1C(=O)[C@@H](NC(=O)OC(C)(C)C)C(C)(C)C)C(=O)NS(=O)(=O)C1CC1. The summed E-state index contributed by atoms with van der Waals surface area (Å²) in [4.78, 5) is 62.6. The van der Waals surface area contributed by atoms with Gasteiger partial charge in [0, 0.05) is 29.8 Å². The highest BCUT2D eigenvalue weighted by Gasteiger charge is 2.63. The van der Waals surface area contributed by atoms with Crippen molar-refractivity contribution in [1.82, 2.24) is 14.9 Å². The number of alkyl carbamates (subject to hydrolysis) is 1. The summed E-state index contributed by atoms with van der Waals surface area (Å²) in [7, 11) is -3.85. The van der Waals surface area contributed by atoms with Crippen LogP contribution in [0.2, 0.25) is 5.02 Å². The van der Waals surface area contributed by atoms with E-state index in [2.05, 4.69) is 21.8 Å². The van der Waals surface area contributed by atoms with E-state index in [1.54, 1.807) is 65.8 Å². The zero-order chi connectivity index (χ0) is 35.4. The molecule has 2 aliphatic carbocycles. The second-order valence-corrected chi connectivity index (χ2v) is 18.0. The molecular weight excluding hydrogens is 660 g/mol. The van der Waals surface area contributed by atoms with Crippen LogP contribution in [0, 0.1) is 16.7 Å². The highest BCUT2D eigenvalue weighted by Crippen LogP contribution is 2.57. The van der Waals surface area contributed by atoms with Gasteiger partial charge in [0.15, 0.2) is 11.4 Å². The standard InChI is InChI=1S/C34H45ClN4O8S/c1-8-21-15-34(21,29(42)38-48(44,45)23-12-13-23)18-26(40)25-17-33(16-24(37-47-33)20-10-9-11-22(35)14-20)19-39(25)28(41)27(31(2,3)4)36-30(43)46-32(5,6)7/h8-11,14,21,23,25,27H,1,12-13,15-19H2,2-7H3,(H,36,43)(H,38,42)/t21-,25+,27-,33-,34-/m1/s1. The van der Waals surface area contributed by atoms with Gasteiger partial charge in [0.1, 0.15) is 11.6 Å². The van der Waals surface area contributed by atoms with Crippen molar-refractivity contribution in [3.63, 3.8) is 0 Å². The zero-order valence-corrected chi connectivity index (χ0v) is 29.9. The van der Waals surface area contributed by atoms with Gasteiger partial charge >= 0.3 is 6.09 Å². The van der Waals surface area contributed by atoms with Gasteiger partial charge in [-0.1, -0.05) is 55.7 Å². The second-order valence-electron chi connectivity index (χ2n) is 15.7. The van der Waals surface area contributed by atoms with Crippen LogP contribution in [-0.4, -0.2) is 77.8 Å². The van der Waals surface area contributed by atoms with E-state index in [1.165, 1.54) is 4.90 Å². The summed E-state index contributed by atoms with van der Waals surface area (Å²) < 4.78 is 33.0. The van der Waals surface area contributed by atoms with Gasteiger partial charge in [-0.25, -0.2) is 13.2 Å². The predicted octanol–water partition coefficient (Wildman–Crippen LogP) is 4.50. The molecule has 5 rings (SSSR count). The van der Waals surface area contributed by atoms with Crippen molar-refractivity contribution in [3.8, 4) is 0 Å². The summed E-state index contributed by atoms with van der Waals surface area (Å²) in [6.07, 6.45) is 2.03. The van der Waals surface area contributed by atoms with Crippen LogP contribution in [0.15, 0.2) is 42.1 Å². The number of rotatable bonds is 10. The lowest BCUT2D eigenvalue weighted by Crippen LogP contribution is -2.57. The molecule has 0 bridgehead atoms. The highest BCUT2D eigenvalue weighted by molar-refractivity contribution is 7.90.